The highest BCUT2D eigenvalue weighted by Crippen LogP contribution is 2.47. The zero-order valence-corrected chi connectivity index (χ0v) is 10.1. The second kappa shape index (κ2) is 4.92. The lowest BCUT2D eigenvalue weighted by atomic mass is 9.80. The summed E-state index contributed by atoms with van der Waals surface area (Å²) in [7, 11) is 0. The first-order valence-electron chi connectivity index (χ1n) is 6.26. The van der Waals surface area contributed by atoms with Crippen molar-refractivity contribution >= 4 is 0 Å². The summed E-state index contributed by atoms with van der Waals surface area (Å²) in [6, 6.07) is 20.5. The summed E-state index contributed by atoms with van der Waals surface area (Å²) in [4.78, 5) is 0. The number of ether oxygens (including phenoxy) is 1. The summed E-state index contributed by atoms with van der Waals surface area (Å²) in [6.45, 7) is 0.0723. The Morgan fingerprint density at radius 1 is 0.833 bits per heavy atom. The maximum atomic E-state index is 9.36. The van der Waals surface area contributed by atoms with Gasteiger partial charge in [-0.3, -0.25) is 0 Å². The Hall–Kier alpha value is -1.64. The normalized spacial score (nSPS) is 26.6. The molecular weight excluding hydrogens is 224 g/mol. The Kier molecular flexibility index (Phi) is 3.13. The molecule has 0 radical (unpaired) electrons. The van der Waals surface area contributed by atoms with E-state index < -0.39 is 0 Å². The number of aliphatic hydroxyl groups is 1. The largest absolute Gasteiger partial charge is 0.394 e. The van der Waals surface area contributed by atoms with E-state index in [0.717, 1.165) is 0 Å². The summed E-state index contributed by atoms with van der Waals surface area (Å²) in [5.41, 5.74) is 2.41. The standard InChI is InChI=1S/C16H16O2/c17-11-14-15(12-7-3-1-4-8-12)16(18-14)13-9-5-2-6-10-13/h1-10,14-17H,11H2. The molecule has 2 heteroatoms. The summed E-state index contributed by atoms with van der Waals surface area (Å²) in [6.07, 6.45) is -0.0247. The highest BCUT2D eigenvalue weighted by Gasteiger charge is 2.43. The van der Waals surface area contributed by atoms with Crippen LogP contribution in [0.25, 0.3) is 0 Å². The van der Waals surface area contributed by atoms with Gasteiger partial charge in [-0.15, -0.1) is 0 Å². The molecule has 18 heavy (non-hydrogen) atoms. The molecule has 0 spiro atoms. The summed E-state index contributed by atoms with van der Waals surface area (Å²) < 4.78 is 5.79. The zero-order chi connectivity index (χ0) is 12.4. The van der Waals surface area contributed by atoms with E-state index in [1.807, 2.05) is 36.4 Å². The van der Waals surface area contributed by atoms with Crippen LogP contribution in [0.4, 0.5) is 0 Å². The molecule has 92 valence electrons. The minimum absolute atomic E-state index is 0.0609. The molecule has 3 atom stereocenters. The molecule has 3 rings (SSSR count). The van der Waals surface area contributed by atoms with Crippen molar-refractivity contribution in [2.75, 3.05) is 6.61 Å². The van der Waals surface area contributed by atoms with E-state index in [-0.39, 0.29) is 24.7 Å². The lowest BCUT2D eigenvalue weighted by Gasteiger charge is -2.44. The molecule has 0 aromatic heterocycles. The molecule has 1 saturated heterocycles. The van der Waals surface area contributed by atoms with Crippen molar-refractivity contribution in [3.63, 3.8) is 0 Å². The number of benzene rings is 2. The van der Waals surface area contributed by atoms with E-state index in [1.54, 1.807) is 0 Å². The van der Waals surface area contributed by atoms with E-state index in [9.17, 15) is 5.11 Å². The lowest BCUT2D eigenvalue weighted by Crippen LogP contribution is -2.43. The van der Waals surface area contributed by atoms with Gasteiger partial charge in [0.2, 0.25) is 0 Å². The van der Waals surface area contributed by atoms with E-state index in [4.69, 9.17) is 4.74 Å². The van der Waals surface area contributed by atoms with E-state index >= 15 is 0 Å². The average Bonchev–Trinajstić information content (AvgIpc) is 2.41. The molecule has 1 N–H and O–H groups in total. The third-order valence-electron chi connectivity index (χ3n) is 3.54. The number of hydrogen-bond acceptors (Lipinski definition) is 2. The van der Waals surface area contributed by atoms with Gasteiger partial charge >= 0.3 is 0 Å². The van der Waals surface area contributed by atoms with Crippen molar-refractivity contribution in [1.29, 1.82) is 0 Å². The molecule has 1 fully saturated rings. The van der Waals surface area contributed by atoms with Gasteiger partial charge in [-0.25, -0.2) is 0 Å². The first-order chi connectivity index (χ1) is 8.90. The van der Waals surface area contributed by atoms with Gasteiger partial charge in [0.15, 0.2) is 0 Å². The molecule has 1 aliphatic rings. The fraction of sp³-hybridized carbons (Fsp3) is 0.250. The van der Waals surface area contributed by atoms with Crippen LogP contribution in [-0.2, 0) is 4.74 Å². The monoisotopic (exact) mass is 240 g/mol. The van der Waals surface area contributed by atoms with Gasteiger partial charge in [0.25, 0.3) is 0 Å². The van der Waals surface area contributed by atoms with Crippen LogP contribution < -0.4 is 0 Å². The smallest absolute Gasteiger partial charge is 0.0924 e. The predicted octanol–water partition coefficient (Wildman–Crippen LogP) is 2.90. The Labute approximate surface area is 107 Å². The highest BCUT2D eigenvalue weighted by atomic mass is 16.5. The van der Waals surface area contributed by atoms with Gasteiger partial charge in [-0.1, -0.05) is 60.7 Å². The van der Waals surface area contributed by atoms with Crippen LogP contribution in [0.15, 0.2) is 60.7 Å². The number of rotatable bonds is 3. The van der Waals surface area contributed by atoms with Gasteiger partial charge in [0.05, 0.1) is 18.8 Å². The quantitative estimate of drug-likeness (QED) is 0.893. The Bertz CT molecular complexity index is 495. The van der Waals surface area contributed by atoms with Crippen LogP contribution in [0.1, 0.15) is 23.1 Å². The second-order valence-electron chi connectivity index (χ2n) is 4.62. The minimum atomic E-state index is -0.0855. The highest BCUT2D eigenvalue weighted by molar-refractivity contribution is 5.31. The molecule has 1 heterocycles. The number of aliphatic hydroxyl groups excluding tert-OH is 1. The van der Waals surface area contributed by atoms with Gasteiger partial charge in [0, 0.05) is 5.92 Å². The SMILES string of the molecule is OCC1OC(c2ccccc2)C1c1ccccc1. The van der Waals surface area contributed by atoms with Crippen molar-refractivity contribution in [3.05, 3.63) is 71.8 Å². The van der Waals surface area contributed by atoms with Crippen LogP contribution in [0.3, 0.4) is 0 Å². The Balaban J connectivity index is 1.89. The van der Waals surface area contributed by atoms with Gasteiger partial charge < -0.3 is 9.84 Å². The van der Waals surface area contributed by atoms with Gasteiger partial charge in [-0.2, -0.15) is 0 Å². The second-order valence-corrected chi connectivity index (χ2v) is 4.62. The molecule has 3 unspecified atom stereocenters. The Morgan fingerprint density at radius 2 is 1.39 bits per heavy atom. The third-order valence-corrected chi connectivity index (χ3v) is 3.54. The van der Waals surface area contributed by atoms with Crippen molar-refractivity contribution in [2.45, 2.75) is 18.1 Å². The third kappa shape index (κ3) is 1.94. The maximum Gasteiger partial charge on any atom is 0.0924 e. The molecule has 0 amide bonds. The molecule has 0 aliphatic carbocycles. The van der Waals surface area contributed by atoms with Crippen LogP contribution >= 0.6 is 0 Å². The average molecular weight is 240 g/mol. The zero-order valence-electron chi connectivity index (χ0n) is 10.1. The molecule has 0 bridgehead atoms. The maximum absolute atomic E-state index is 9.36. The molecular formula is C16H16O2. The predicted molar refractivity (Wildman–Crippen MR) is 70.3 cm³/mol. The number of hydrogen-bond donors (Lipinski definition) is 1. The van der Waals surface area contributed by atoms with Gasteiger partial charge in [-0.05, 0) is 11.1 Å². The Morgan fingerprint density at radius 3 is 1.94 bits per heavy atom. The lowest BCUT2D eigenvalue weighted by molar-refractivity contribution is -0.168. The van der Waals surface area contributed by atoms with Crippen molar-refractivity contribution in [2.24, 2.45) is 0 Å². The molecule has 2 nitrogen and oxygen atoms in total. The fourth-order valence-electron chi connectivity index (χ4n) is 2.61. The van der Waals surface area contributed by atoms with Crippen LogP contribution in [0.5, 0.6) is 0 Å². The van der Waals surface area contributed by atoms with Crippen LogP contribution in [0, 0.1) is 0 Å². The van der Waals surface area contributed by atoms with E-state index in [2.05, 4.69) is 24.3 Å². The van der Waals surface area contributed by atoms with Crippen molar-refractivity contribution in [1.82, 2.24) is 0 Å². The first-order valence-corrected chi connectivity index (χ1v) is 6.26. The molecule has 1 aliphatic heterocycles. The summed E-state index contributed by atoms with van der Waals surface area (Å²) >= 11 is 0. The van der Waals surface area contributed by atoms with E-state index in [1.165, 1.54) is 11.1 Å². The summed E-state index contributed by atoms with van der Waals surface area (Å²) in [5.74, 6) is 0.249. The summed E-state index contributed by atoms with van der Waals surface area (Å²) in [5, 5.41) is 9.36. The molecule has 0 saturated carbocycles. The van der Waals surface area contributed by atoms with Crippen molar-refractivity contribution in [3.8, 4) is 0 Å². The van der Waals surface area contributed by atoms with Crippen molar-refractivity contribution < 1.29 is 9.84 Å². The fourth-order valence-corrected chi connectivity index (χ4v) is 2.61. The van der Waals surface area contributed by atoms with Gasteiger partial charge in [0.1, 0.15) is 0 Å². The van der Waals surface area contributed by atoms with Crippen LogP contribution in [0.2, 0.25) is 0 Å². The first kappa shape index (κ1) is 11.5. The molecule has 2 aromatic carbocycles. The van der Waals surface area contributed by atoms with E-state index in [0.29, 0.717) is 0 Å². The van der Waals surface area contributed by atoms with Crippen LogP contribution in [-0.4, -0.2) is 17.8 Å². The molecule has 2 aromatic rings. The minimum Gasteiger partial charge on any atom is -0.394 e. The topological polar surface area (TPSA) is 29.5 Å².